The second-order valence-electron chi connectivity index (χ2n) is 8.82. The number of aryl methyl sites for hydroxylation is 1. The van der Waals surface area contributed by atoms with Crippen molar-refractivity contribution in [1.29, 1.82) is 0 Å². The first-order valence-corrected chi connectivity index (χ1v) is 12.3. The van der Waals surface area contributed by atoms with Gasteiger partial charge in [-0.25, -0.2) is 0 Å². The summed E-state index contributed by atoms with van der Waals surface area (Å²) >= 11 is 6.32. The molecule has 1 fully saturated rings. The number of halogens is 1. The first kappa shape index (κ1) is 24.9. The molecule has 0 unspecified atom stereocenters. The van der Waals surface area contributed by atoms with Gasteiger partial charge in [0.2, 0.25) is 0 Å². The summed E-state index contributed by atoms with van der Waals surface area (Å²) in [5.74, 6) is -0.400. The van der Waals surface area contributed by atoms with E-state index < -0.39 is 6.04 Å². The van der Waals surface area contributed by atoms with Crippen molar-refractivity contribution in [3.63, 3.8) is 0 Å². The zero-order chi connectivity index (χ0) is 24.9. The van der Waals surface area contributed by atoms with Gasteiger partial charge in [0, 0.05) is 16.9 Å². The van der Waals surface area contributed by atoms with Crippen LogP contribution < -0.4 is 5.56 Å². The lowest BCUT2D eigenvalue weighted by molar-refractivity contribution is -0.149. The number of aromatic nitrogens is 2. The summed E-state index contributed by atoms with van der Waals surface area (Å²) in [7, 11) is 0. The molecule has 0 aliphatic carbocycles. The number of carbonyl (C=O) groups excluding carboxylic acids is 1. The predicted molar refractivity (Wildman–Crippen MR) is 135 cm³/mol. The van der Waals surface area contributed by atoms with E-state index in [1.807, 2.05) is 36.4 Å². The highest BCUT2D eigenvalue weighted by Gasteiger charge is 2.34. The van der Waals surface area contributed by atoms with Crippen LogP contribution in [0.5, 0.6) is 5.75 Å². The van der Waals surface area contributed by atoms with Crippen molar-refractivity contribution in [3.8, 4) is 5.75 Å². The van der Waals surface area contributed by atoms with E-state index in [1.165, 1.54) is 0 Å². The van der Waals surface area contributed by atoms with E-state index >= 15 is 0 Å². The molecule has 4 rings (SSSR count). The predicted octanol–water partition coefficient (Wildman–Crippen LogP) is 4.32. The maximum atomic E-state index is 13.9. The Bertz CT molecular complexity index is 1240. The summed E-state index contributed by atoms with van der Waals surface area (Å²) in [6.07, 6.45) is 2.93. The van der Waals surface area contributed by atoms with Crippen molar-refractivity contribution in [1.82, 2.24) is 14.5 Å². The average molecular weight is 496 g/mol. The first-order chi connectivity index (χ1) is 16.9. The summed E-state index contributed by atoms with van der Waals surface area (Å²) < 4.78 is 6.85. The van der Waals surface area contributed by atoms with Crippen molar-refractivity contribution in [2.75, 3.05) is 19.7 Å². The number of aromatic hydroxyl groups is 1. The monoisotopic (exact) mass is 495 g/mol. The Balaban J connectivity index is 1.75. The second-order valence-corrected chi connectivity index (χ2v) is 9.25. The van der Waals surface area contributed by atoms with Gasteiger partial charge in [-0.15, -0.1) is 0 Å². The fourth-order valence-electron chi connectivity index (χ4n) is 4.77. The maximum Gasteiger partial charge on any atom is 0.309 e. The third kappa shape index (κ3) is 5.57. The van der Waals surface area contributed by atoms with Crippen molar-refractivity contribution in [3.05, 3.63) is 92.6 Å². The van der Waals surface area contributed by atoms with E-state index in [0.29, 0.717) is 55.4 Å². The topological polar surface area (TPSA) is 84.7 Å². The third-order valence-corrected chi connectivity index (χ3v) is 6.76. The number of nitrogens with zero attached hydrogens (tertiary/aromatic N) is 3. The number of carbonyl (C=O) groups is 1. The van der Waals surface area contributed by atoms with E-state index in [2.05, 4.69) is 9.88 Å². The fourth-order valence-corrected chi connectivity index (χ4v) is 4.96. The molecule has 1 aliphatic heterocycles. The molecule has 1 aliphatic rings. The van der Waals surface area contributed by atoms with Crippen molar-refractivity contribution >= 4 is 17.6 Å². The van der Waals surface area contributed by atoms with Crippen LogP contribution in [-0.4, -0.2) is 45.2 Å². The normalized spacial score (nSPS) is 15.6. The molecule has 0 amide bonds. The lowest BCUT2D eigenvalue weighted by Gasteiger charge is -2.37. The molecular weight excluding hydrogens is 466 g/mol. The SMILES string of the molecule is CCOC(=O)C1CCN([C@@H](c2cccc(Cl)c2)c2c(O)cc(C)n(Cc3ccccn3)c2=O)CC1. The third-order valence-electron chi connectivity index (χ3n) is 6.52. The molecule has 0 bridgehead atoms. The molecule has 1 atom stereocenters. The van der Waals surface area contributed by atoms with Crippen LogP contribution in [0.25, 0.3) is 0 Å². The van der Waals surface area contributed by atoms with Crippen LogP contribution in [0.1, 0.15) is 48.3 Å². The highest BCUT2D eigenvalue weighted by molar-refractivity contribution is 6.30. The molecule has 0 radical (unpaired) electrons. The Labute approximate surface area is 209 Å². The number of ether oxygens (including phenoxy) is 1. The van der Waals surface area contributed by atoms with E-state index in [4.69, 9.17) is 16.3 Å². The Kier molecular flexibility index (Phi) is 7.88. The molecular formula is C27H30ClN3O4. The molecule has 1 saturated heterocycles. The second kappa shape index (κ2) is 11.1. The van der Waals surface area contributed by atoms with Gasteiger partial charge in [-0.2, -0.15) is 0 Å². The number of pyridine rings is 2. The molecule has 1 N–H and O–H groups in total. The minimum atomic E-state index is -0.514. The molecule has 35 heavy (non-hydrogen) atoms. The zero-order valence-electron chi connectivity index (χ0n) is 20.0. The van der Waals surface area contributed by atoms with Crippen LogP contribution in [0.2, 0.25) is 5.02 Å². The van der Waals surface area contributed by atoms with Gasteiger partial charge in [0.25, 0.3) is 5.56 Å². The minimum absolute atomic E-state index is 0.0535. The molecule has 1 aromatic carbocycles. The van der Waals surface area contributed by atoms with E-state index in [1.54, 1.807) is 36.7 Å². The molecule has 3 heterocycles. The van der Waals surface area contributed by atoms with E-state index in [-0.39, 0.29) is 23.2 Å². The Hall–Kier alpha value is -3.16. The van der Waals surface area contributed by atoms with Gasteiger partial charge in [0.05, 0.1) is 36.4 Å². The van der Waals surface area contributed by atoms with Crippen LogP contribution in [0.4, 0.5) is 0 Å². The summed E-state index contributed by atoms with van der Waals surface area (Å²) in [4.78, 5) is 32.6. The number of likely N-dealkylation sites (tertiary alicyclic amines) is 1. The van der Waals surface area contributed by atoms with Crippen LogP contribution in [-0.2, 0) is 16.1 Å². The highest BCUT2D eigenvalue weighted by Crippen LogP contribution is 2.36. The highest BCUT2D eigenvalue weighted by atomic mass is 35.5. The van der Waals surface area contributed by atoms with Crippen LogP contribution in [0.15, 0.2) is 59.5 Å². The number of rotatable bonds is 7. The summed E-state index contributed by atoms with van der Waals surface area (Å²) in [5, 5.41) is 11.6. The molecule has 3 aromatic rings. The summed E-state index contributed by atoms with van der Waals surface area (Å²) in [6.45, 7) is 5.41. The quantitative estimate of drug-likeness (QED) is 0.491. The smallest absolute Gasteiger partial charge is 0.309 e. The molecule has 8 heteroatoms. The van der Waals surface area contributed by atoms with Crippen molar-refractivity contribution in [2.24, 2.45) is 5.92 Å². The van der Waals surface area contributed by atoms with Crippen LogP contribution >= 0.6 is 11.6 Å². The number of hydrogen-bond donors (Lipinski definition) is 1. The van der Waals surface area contributed by atoms with Crippen LogP contribution in [0.3, 0.4) is 0 Å². The first-order valence-electron chi connectivity index (χ1n) is 11.9. The summed E-state index contributed by atoms with van der Waals surface area (Å²) in [5.41, 5.74) is 2.23. The van der Waals surface area contributed by atoms with Crippen LogP contribution in [0, 0.1) is 12.8 Å². The largest absolute Gasteiger partial charge is 0.507 e. The Morgan fingerprint density at radius 2 is 1.97 bits per heavy atom. The van der Waals surface area contributed by atoms with Gasteiger partial charge in [0.1, 0.15) is 5.75 Å². The van der Waals surface area contributed by atoms with Gasteiger partial charge in [-0.05, 0) is 75.7 Å². The zero-order valence-corrected chi connectivity index (χ0v) is 20.7. The van der Waals surface area contributed by atoms with Crippen molar-refractivity contribution < 1.29 is 14.6 Å². The summed E-state index contributed by atoms with van der Waals surface area (Å²) in [6, 6.07) is 14.1. The van der Waals surface area contributed by atoms with Gasteiger partial charge in [0.15, 0.2) is 0 Å². The lowest BCUT2D eigenvalue weighted by atomic mass is 9.91. The molecule has 2 aromatic heterocycles. The fraction of sp³-hybridized carbons (Fsp3) is 0.370. The van der Waals surface area contributed by atoms with Gasteiger partial charge < -0.3 is 14.4 Å². The maximum absolute atomic E-state index is 13.9. The minimum Gasteiger partial charge on any atom is -0.507 e. The van der Waals surface area contributed by atoms with Gasteiger partial charge in [-0.1, -0.05) is 29.8 Å². The molecule has 184 valence electrons. The lowest BCUT2D eigenvalue weighted by Crippen LogP contribution is -2.42. The van der Waals surface area contributed by atoms with E-state index in [9.17, 15) is 14.7 Å². The Morgan fingerprint density at radius 1 is 1.20 bits per heavy atom. The van der Waals surface area contributed by atoms with Crippen molar-refractivity contribution in [2.45, 2.75) is 39.3 Å². The average Bonchev–Trinajstić information content (AvgIpc) is 2.85. The number of esters is 1. The standard InChI is InChI=1S/C27H30ClN3O4/c1-3-35-27(34)19-10-13-30(14-11-19)25(20-7-6-8-21(28)16-20)24-23(32)15-18(2)31(26(24)33)17-22-9-4-5-12-29-22/h4-9,12,15-16,19,25,32H,3,10-11,13-14,17H2,1-2H3/t25-/m0/s1. The molecule has 7 nitrogen and oxygen atoms in total. The molecule has 0 spiro atoms. The number of piperidine rings is 1. The molecule has 0 saturated carbocycles. The van der Waals surface area contributed by atoms with Gasteiger partial charge in [-0.3, -0.25) is 19.5 Å². The van der Waals surface area contributed by atoms with E-state index in [0.717, 1.165) is 11.3 Å². The Morgan fingerprint density at radius 3 is 2.63 bits per heavy atom. The number of benzene rings is 1. The number of hydrogen-bond acceptors (Lipinski definition) is 6. The van der Waals surface area contributed by atoms with Gasteiger partial charge >= 0.3 is 5.97 Å².